The lowest BCUT2D eigenvalue weighted by Gasteiger charge is -1.90. The molecule has 0 bridgehead atoms. The van der Waals surface area contributed by atoms with Crippen molar-refractivity contribution in [2.45, 2.75) is 12.8 Å². The summed E-state index contributed by atoms with van der Waals surface area (Å²) in [5.74, 6) is 0.150. The maximum Gasteiger partial charge on any atom is 0.181 e. The molecule has 1 aliphatic carbocycles. The highest BCUT2D eigenvalue weighted by atomic mass is 16.1. The van der Waals surface area contributed by atoms with Crippen LogP contribution in [0.25, 0.3) is 0 Å². The van der Waals surface area contributed by atoms with Crippen LogP contribution in [0.3, 0.4) is 0 Å². The van der Waals surface area contributed by atoms with E-state index in [1.807, 2.05) is 0 Å². The highest BCUT2D eigenvalue weighted by molar-refractivity contribution is 5.98. The van der Waals surface area contributed by atoms with Gasteiger partial charge < -0.3 is 0 Å². The molecule has 1 aromatic rings. The van der Waals surface area contributed by atoms with Crippen molar-refractivity contribution in [3.63, 3.8) is 0 Å². The monoisotopic (exact) mass is 134 g/mol. The Bertz CT molecular complexity index is 283. The van der Waals surface area contributed by atoms with Crippen LogP contribution in [0, 0.1) is 0 Å². The van der Waals surface area contributed by atoms with E-state index in [1.165, 1.54) is 6.33 Å². The van der Waals surface area contributed by atoms with Crippen LogP contribution in [-0.2, 0) is 6.42 Å². The van der Waals surface area contributed by atoms with Gasteiger partial charge in [0.15, 0.2) is 5.78 Å². The number of aryl methyl sites for hydroxylation is 1. The van der Waals surface area contributed by atoms with E-state index < -0.39 is 0 Å². The van der Waals surface area contributed by atoms with Gasteiger partial charge in [0.25, 0.3) is 0 Å². The summed E-state index contributed by atoms with van der Waals surface area (Å²) >= 11 is 0. The first-order valence-electron chi connectivity index (χ1n) is 3.20. The Morgan fingerprint density at radius 2 is 2.30 bits per heavy atom. The van der Waals surface area contributed by atoms with Crippen molar-refractivity contribution in [2.24, 2.45) is 0 Å². The summed E-state index contributed by atoms with van der Waals surface area (Å²) in [7, 11) is 0. The molecule has 0 unspecified atom stereocenters. The zero-order valence-electron chi connectivity index (χ0n) is 5.37. The highest BCUT2D eigenvalue weighted by Gasteiger charge is 2.19. The molecule has 0 amide bonds. The Balaban J connectivity index is 2.61. The van der Waals surface area contributed by atoms with Crippen LogP contribution in [0.2, 0.25) is 0 Å². The van der Waals surface area contributed by atoms with Crippen LogP contribution in [0.15, 0.2) is 12.5 Å². The molecule has 0 atom stereocenters. The number of nitrogens with zero attached hydrogens (tertiary/aromatic N) is 2. The van der Waals surface area contributed by atoms with E-state index >= 15 is 0 Å². The molecule has 0 spiro atoms. The summed E-state index contributed by atoms with van der Waals surface area (Å²) in [5, 5.41) is 0. The number of ketones is 1. The Labute approximate surface area is 58.1 Å². The Morgan fingerprint density at radius 3 is 3.10 bits per heavy atom. The van der Waals surface area contributed by atoms with Crippen molar-refractivity contribution in [2.75, 3.05) is 0 Å². The van der Waals surface area contributed by atoms with Crippen LogP contribution in [0.4, 0.5) is 0 Å². The zero-order chi connectivity index (χ0) is 6.97. The van der Waals surface area contributed by atoms with Crippen LogP contribution in [0.5, 0.6) is 0 Å². The predicted molar refractivity (Wildman–Crippen MR) is 34.7 cm³/mol. The largest absolute Gasteiger partial charge is 0.292 e. The van der Waals surface area contributed by atoms with E-state index in [4.69, 9.17) is 0 Å². The summed E-state index contributed by atoms with van der Waals surface area (Å²) in [5.41, 5.74) is 1.61. The molecule has 0 radical (unpaired) electrons. The number of Topliss-reactive ketones (excluding diaryl/α,β-unsaturated/α-hetero) is 1. The smallest absolute Gasteiger partial charge is 0.181 e. The predicted octanol–water partition coefficient (Wildman–Crippen LogP) is 0.605. The third-order valence-corrected chi connectivity index (χ3v) is 1.67. The van der Waals surface area contributed by atoms with Crippen LogP contribution >= 0.6 is 0 Å². The molecule has 0 saturated heterocycles. The van der Waals surface area contributed by atoms with Gasteiger partial charge in [0.1, 0.15) is 12.0 Å². The van der Waals surface area contributed by atoms with Crippen molar-refractivity contribution < 1.29 is 4.79 Å². The maximum absolute atomic E-state index is 11.0. The molecular weight excluding hydrogens is 128 g/mol. The van der Waals surface area contributed by atoms with E-state index in [-0.39, 0.29) is 5.78 Å². The minimum Gasteiger partial charge on any atom is -0.292 e. The fourth-order valence-corrected chi connectivity index (χ4v) is 1.16. The van der Waals surface area contributed by atoms with E-state index in [1.54, 1.807) is 6.20 Å². The molecule has 1 aromatic heterocycles. The van der Waals surface area contributed by atoms with Crippen molar-refractivity contribution >= 4 is 5.78 Å². The summed E-state index contributed by atoms with van der Waals surface area (Å²) in [6.07, 6.45) is 4.55. The first-order chi connectivity index (χ1) is 4.88. The van der Waals surface area contributed by atoms with E-state index in [9.17, 15) is 4.79 Å². The normalized spacial score (nSPS) is 15.4. The summed E-state index contributed by atoms with van der Waals surface area (Å²) < 4.78 is 0. The molecular formula is C7H6N2O. The molecule has 0 N–H and O–H groups in total. The lowest BCUT2D eigenvalue weighted by molar-refractivity contribution is 0.0990. The fourth-order valence-electron chi connectivity index (χ4n) is 1.16. The van der Waals surface area contributed by atoms with Gasteiger partial charge in [-0.15, -0.1) is 0 Å². The molecule has 0 saturated carbocycles. The quantitative estimate of drug-likeness (QED) is 0.522. The van der Waals surface area contributed by atoms with Crippen molar-refractivity contribution in [3.8, 4) is 0 Å². The third kappa shape index (κ3) is 0.635. The standard InChI is InChI=1S/C7H6N2O/c10-6-2-1-5-3-8-4-9-7(5)6/h3-4H,1-2H2. The molecule has 3 heteroatoms. The lowest BCUT2D eigenvalue weighted by Crippen LogP contribution is -1.95. The second-order valence-electron chi connectivity index (χ2n) is 2.32. The fraction of sp³-hybridized carbons (Fsp3) is 0.286. The van der Waals surface area contributed by atoms with Gasteiger partial charge in [-0.2, -0.15) is 0 Å². The molecule has 50 valence electrons. The average molecular weight is 134 g/mol. The van der Waals surface area contributed by atoms with Crippen LogP contribution < -0.4 is 0 Å². The molecule has 1 aliphatic rings. The number of hydrogen-bond acceptors (Lipinski definition) is 3. The topological polar surface area (TPSA) is 42.9 Å². The number of carbonyl (C=O) groups is 1. The van der Waals surface area contributed by atoms with Gasteiger partial charge in [0.2, 0.25) is 0 Å². The Kier molecular flexibility index (Phi) is 1.03. The molecule has 3 nitrogen and oxygen atoms in total. The Hall–Kier alpha value is -1.25. The van der Waals surface area contributed by atoms with Crippen molar-refractivity contribution in [3.05, 3.63) is 23.8 Å². The maximum atomic E-state index is 11.0. The minimum atomic E-state index is 0.150. The van der Waals surface area contributed by atoms with Crippen LogP contribution in [0.1, 0.15) is 22.5 Å². The highest BCUT2D eigenvalue weighted by Crippen LogP contribution is 2.17. The number of aromatic nitrogens is 2. The average Bonchev–Trinajstić information content (AvgIpc) is 2.34. The van der Waals surface area contributed by atoms with E-state index in [0.717, 1.165) is 12.0 Å². The summed E-state index contributed by atoms with van der Waals surface area (Å²) in [6, 6.07) is 0. The van der Waals surface area contributed by atoms with E-state index in [2.05, 4.69) is 9.97 Å². The first-order valence-corrected chi connectivity index (χ1v) is 3.20. The molecule has 0 aromatic carbocycles. The van der Waals surface area contributed by atoms with Gasteiger partial charge in [-0.05, 0) is 6.42 Å². The minimum absolute atomic E-state index is 0.150. The second kappa shape index (κ2) is 1.87. The lowest BCUT2D eigenvalue weighted by atomic mass is 10.3. The molecule has 0 aliphatic heterocycles. The van der Waals surface area contributed by atoms with Gasteiger partial charge in [-0.25, -0.2) is 9.97 Å². The molecule has 10 heavy (non-hydrogen) atoms. The molecule has 1 heterocycles. The van der Waals surface area contributed by atoms with E-state index in [0.29, 0.717) is 12.1 Å². The summed E-state index contributed by atoms with van der Waals surface area (Å²) in [6.45, 7) is 0. The number of hydrogen-bond donors (Lipinski definition) is 0. The van der Waals surface area contributed by atoms with Gasteiger partial charge in [0, 0.05) is 18.2 Å². The number of fused-ring (bicyclic) bond motifs is 1. The summed E-state index contributed by atoms with van der Waals surface area (Å²) in [4.78, 5) is 18.7. The van der Waals surface area contributed by atoms with Crippen molar-refractivity contribution in [1.82, 2.24) is 9.97 Å². The van der Waals surface area contributed by atoms with Gasteiger partial charge in [-0.1, -0.05) is 0 Å². The number of carbonyl (C=O) groups excluding carboxylic acids is 1. The third-order valence-electron chi connectivity index (χ3n) is 1.67. The molecule has 0 fully saturated rings. The van der Waals surface area contributed by atoms with Gasteiger partial charge >= 0.3 is 0 Å². The van der Waals surface area contributed by atoms with Crippen molar-refractivity contribution in [1.29, 1.82) is 0 Å². The first kappa shape index (κ1) is 5.53. The number of rotatable bonds is 0. The molecule has 2 rings (SSSR count). The van der Waals surface area contributed by atoms with Crippen LogP contribution in [-0.4, -0.2) is 15.8 Å². The van der Waals surface area contributed by atoms with Gasteiger partial charge in [0.05, 0.1) is 0 Å². The second-order valence-corrected chi connectivity index (χ2v) is 2.32. The van der Waals surface area contributed by atoms with Gasteiger partial charge in [-0.3, -0.25) is 4.79 Å². The SMILES string of the molecule is O=C1CCc2cncnc21. The zero-order valence-corrected chi connectivity index (χ0v) is 5.37. The Morgan fingerprint density at radius 1 is 1.40 bits per heavy atom.